The number of aliphatic hydroxyl groups is 1. The molecule has 3 aromatic rings. The molecule has 0 aliphatic carbocycles. The molecule has 0 aliphatic heterocycles. The number of aryl methyl sites for hydroxylation is 3. The third kappa shape index (κ3) is 6.89. The second-order valence-electron chi connectivity index (χ2n) is 7.87. The van der Waals surface area contributed by atoms with Crippen molar-refractivity contribution in [1.82, 2.24) is 19.7 Å². The van der Waals surface area contributed by atoms with Crippen molar-refractivity contribution in [3.63, 3.8) is 0 Å². The normalized spacial score (nSPS) is 11.3. The second kappa shape index (κ2) is 12.9. The molecule has 0 unspecified atom stereocenters. The monoisotopic (exact) mass is 479 g/mol. The van der Waals surface area contributed by atoms with Gasteiger partial charge in [-0.25, -0.2) is 4.98 Å². The molecule has 0 spiro atoms. The number of aliphatic hydroxyl groups excluding tert-OH is 1. The molecular formula is C27H34ClN5O. The van der Waals surface area contributed by atoms with Crippen LogP contribution in [-0.2, 0) is 6.42 Å². The van der Waals surface area contributed by atoms with E-state index < -0.39 is 0 Å². The second-order valence-corrected chi connectivity index (χ2v) is 8.31. The van der Waals surface area contributed by atoms with E-state index in [1.807, 2.05) is 63.6 Å². The number of benzene rings is 1. The number of allylic oxidation sites excluding steroid dienone is 5. The molecule has 0 atom stereocenters. The fraction of sp³-hybridized carbons (Fsp3) is 0.296. The van der Waals surface area contributed by atoms with Crippen LogP contribution in [0.1, 0.15) is 44.6 Å². The highest BCUT2D eigenvalue weighted by Crippen LogP contribution is 2.28. The standard InChI is InChI=1S/C26H30ClN5.CH4O/c1-7-10-22(27)14-23(17(3)4)30-25-15-24(21-12-9-11-20(8-2)13-21)31-32(25)26-19(6)28-16-18(5)29-26;1-2/h7,9-16,30H,8H2,1-6H3;2H,1H3/b10-7-,22-14+;. The number of hydrogen-bond donors (Lipinski definition) is 2. The van der Waals surface area contributed by atoms with Gasteiger partial charge in [0.2, 0.25) is 0 Å². The van der Waals surface area contributed by atoms with Gasteiger partial charge in [0.15, 0.2) is 5.82 Å². The van der Waals surface area contributed by atoms with Gasteiger partial charge in [0.05, 0.1) is 17.1 Å². The Balaban J connectivity index is 0.00000199. The van der Waals surface area contributed by atoms with E-state index in [-0.39, 0.29) is 0 Å². The molecule has 0 saturated carbocycles. The summed E-state index contributed by atoms with van der Waals surface area (Å²) in [7, 11) is 1.00. The number of anilines is 1. The van der Waals surface area contributed by atoms with E-state index in [9.17, 15) is 0 Å². The molecule has 0 bridgehead atoms. The van der Waals surface area contributed by atoms with Crippen molar-refractivity contribution in [2.45, 2.75) is 48.0 Å². The molecule has 7 heteroatoms. The summed E-state index contributed by atoms with van der Waals surface area (Å²) in [5.74, 6) is 1.49. The minimum absolute atomic E-state index is 0.643. The van der Waals surface area contributed by atoms with Crippen molar-refractivity contribution >= 4 is 17.4 Å². The molecule has 6 nitrogen and oxygen atoms in total. The Kier molecular flexibility index (Phi) is 10.2. The molecule has 34 heavy (non-hydrogen) atoms. The first-order chi connectivity index (χ1) is 16.3. The summed E-state index contributed by atoms with van der Waals surface area (Å²) < 4.78 is 1.82. The maximum atomic E-state index is 7.00. The smallest absolute Gasteiger partial charge is 0.177 e. The van der Waals surface area contributed by atoms with Crippen molar-refractivity contribution in [1.29, 1.82) is 0 Å². The summed E-state index contributed by atoms with van der Waals surface area (Å²) >= 11 is 6.38. The van der Waals surface area contributed by atoms with Crippen molar-refractivity contribution in [3.05, 3.63) is 88.0 Å². The van der Waals surface area contributed by atoms with Crippen molar-refractivity contribution < 1.29 is 5.11 Å². The van der Waals surface area contributed by atoms with Crippen LogP contribution in [0, 0.1) is 13.8 Å². The summed E-state index contributed by atoms with van der Waals surface area (Å²) in [6, 6.07) is 10.5. The van der Waals surface area contributed by atoms with E-state index in [0.29, 0.717) is 10.9 Å². The largest absolute Gasteiger partial charge is 0.400 e. The minimum atomic E-state index is 0.643. The molecule has 2 heterocycles. The first-order valence-electron chi connectivity index (χ1n) is 11.2. The Morgan fingerprint density at radius 2 is 1.91 bits per heavy atom. The Hall–Kier alpha value is -3.22. The average molecular weight is 480 g/mol. The molecule has 180 valence electrons. The lowest BCUT2D eigenvalue weighted by Crippen LogP contribution is -2.10. The van der Waals surface area contributed by atoms with Crippen LogP contribution in [0.4, 0.5) is 5.82 Å². The van der Waals surface area contributed by atoms with Gasteiger partial charge in [-0.3, -0.25) is 4.98 Å². The van der Waals surface area contributed by atoms with Crippen molar-refractivity contribution in [3.8, 4) is 17.1 Å². The van der Waals surface area contributed by atoms with Crippen LogP contribution >= 0.6 is 11.6 Å². The average Bonchev–Trinajstić information content (AvgIpc) is 3.25. The fourth-order valence-electron chi connectivity index (χ4n) is 3.24. The fourth-order valence-corrected chi connectivity index (χ4v) is 3.47. The van der Waals surface area contributed by atoms with Crippen LogP contribution in [0.5, 0.6) is 0 Å². The molecule has 2 aromatic heterocycles. The van der Waals surface area contributed by atoms with E-state index in [0.717, 1.165) is 53.3 Å². The Labute approximate surface area is 207 Å². The SMILES string of the molecule is C/C=C\C(Cl)=C/C(Nc1cc(-c2cccc(CC)c2)nn1-c1nc(C)cnc1C)=C(C)C.CO. The number of aromatic nitrogens is 4. The number of nitrogens with zero attached hydrogens (tertiary/aromatic N) is 4. The van der Waals surface area contributed by atoms with Gasteiger partial charge >= 0.3 is 0 Å². The number of hydrogen-bond acceptors (Lipinski definition) is 5. The topological polar surface area (TPSA) is 75.9 Å². The molecule has 0 saturated heterocycles. The predicted octanol–water partition coefficient (Wildman–Crippen LogP) is 6.52. The molecule has 2 N–H and O–H groups in total. The Morgan fingerprint density at radius 3 is 2.56 bits per heavy atom. The number of rotatable bonds is 7. The predicted molar refractivity (Wildman–Crippen MR) is 142 cm³/mol. The Bertz CT molecular complexity index is 1200. The molecule has 3 rings (SSSR count). The first-order valence-corrected chi connectivity index (χ1v) is 11.6. The third-order valence-corrected chi connectivity index (χ3v) is 5.24. The number of halogens is 1. The molecule has 0 aliphatic rings. The van der Waals surface area contributed by atoms with Crippen molar-refractivity contribution in [2.75, 3.05) is 12.4 Å². The minimum Gasteiger partial charge on any atom is -0.400 e. The Morgan fingerprint density at radius 1 is 1.18 bits per heavy atom. The van der Waals surface area contributed by atoms with E-state index in [4.69, 9.17) is 26.8 Å². The van der Waals surface area contributed by atoms with Crippen LogP contribution in [0.2, 0.25) is 0 Å². The molecule has 0 radical (unpaired) electrons. The molecule has 1 aromatic carbocycles. The maximum absolute atomic E-state index is 7.00. The van der Waals surface area contributed by atoms with Gasteiger partial charge < -0.3 is 10.4 Å². The maximum Gasteiger partial charge on any atom is 0.177 e. The van der Waals surface area contributed by atoms with Gasteiger partial charge in [-0.1, -0.05) is 48.4 Å². The van der Waals surface area contributed by atoms with Crippen LogP contribution in [0.25, 0.3) is 17.1 Å². The van der Waals surface area contributed by atoms with Gasteiger partial charge in [0.1, 0.15) is 5.82 Å². The highest BCUT2D eigenvalue weighted by atomic mass is 35.5. The highest BCUT2D eigenvalue weighted by molar-refractivity contribution is 6.31. The van der Waals surface area contributed by atoms with E-state index >= 15 is 0 Å². The zero-order valence-corrected chi connectivity index (χ0v) is 21.8. The summed E-state index contributed by atoms with van der Waals surface area (Å²) in [4.78, 5) is 9.20. The lowest BCUT2D eigenvalue weighted by Gasteiger charge is -2.13. The van der Waals surface area contributed by atoms with Gasteiger partial charge in [-0.2, -0.15) is 9.78 Å². The lowest BCUT2D eigenvalue weighted by atomic mass is 10.1. The van der Waals surface area contributed by atoms with Crippen LogP contribution in [-0.4, -0.2) is 32.0 Å². The van der Waals surface area contributed by atoms with Gasteiger partial charge in [0.25, 0.3) is 0 Å². The van der Waals surface area contributed by atoms with E-state index in [1.54, 1.807) is 6.20 Å². The lowest BCUT2D eigenvalue weighted by molar-refractivity contribution is 0.399. The third-order valence-electron chi connectivity index (χ3n) is 5.00. The zero-order valence-electron chi connectivity index (χ0n) is 21.0. The van der Waals surface area contributed by atoms with E-state index in [2.05, 4.69) is 41.5 Å². The van der Waals surface area contributed by atoms with E-state index in [1.165, 1.54) is 5.56 Å². The van der Waals surface area contributed by atoms with Gasteiger partial charge in [0, 0.05) is 35.7 Å². The quantitative estimate of drug-likeness (QED) is 0.377. The van der Waals surface area contributed by atoms with Crippen LogP contribution < -0.4 is 5.32 Å². The molecule has 0 amide bonds. The van der Waals surface area contributed by atoms with Gasteiger partial charge in [-0.05, 0) is 64.8 Å². The molecular weight excluding hydrogens is 446 g/mol. The summed E-state index contributed by atoms with van der Waals surface area (Å²) in [6.45, 7) is 12.1. The van der Waals surface area contributed by atoms with Crippen LogP contribution in [0.15, 0.2) is 71.1 Å². The number of nitrogens with one attached hydrogen (secondary N) is 1. The molecule has 0 fully saturated rings. The highest BCUT2D eigenvalue weighted by Gasteiger charge is 2.16. The first kappa shape index (κ1) is 27.0. The summed E-state index contributed by atoms with van der Waals surface area (Å²) in [5, 5.41) is 16.1. The van der Waals surface area contributed by atoms with Crippen LogP contribution in [0.3, 0.4) is 0 Å². The van der Waals surface area contributed by atoms with Gasteiger partial charge in [-0.15, -0.1) is 0 Å². The zero-order chi connectivity index (χ0) is 25.3. The summed E-state index contributed by atoms with van der Waals surface area (Å²) in [6.07, 6.45) is 8.43. The van der Waals surface area contributed by atoms with Crippen molar-refractivity contribution in [2.24, 2.45) is 0 Å². The summed E-state index contributed by atoms with van der Waals surface area (Å²) in [5.41, 5.74) is 6.83.